The van der Waals surface area contributed by atoms with Gasteiger partial charge in [0.05, 0.1) is 5.25 Å². The average molecular weight is 213 g/mol. The normalized spacial score (nSPS) is 13.9. The summed E-state index contributed by atoms with van der Waals surface area (Å²) in [5.74, 6) is 0. The number of nitrogens with two attached hydrogens (primary N) is 1. The molecule has 4 heteroatoms. The highest BCUT2D eigenvalue weighted by Crippen LogP contribution is 2.11. The molecule has 0 amide bonds. The molecule has 1 rings (SSSR count). The molecule has 0 saturated carbocycles. The number of anilines is 1. The van der Waals surface area contributed by atoms with E-state index in [4.69, 9.17) is 5.73 Å². The van der Waals surface area contributed by atoms with Crippen LogP contribution < -0.4 is 5.73 Å². The molecule has 0 bridgehead atoms. The van der Waals surface area contributed by atoms with Crippen molar-refractivity contribution in [3.8, 4) is 0 Å². The summed E-state index contributed by atoms with van der Waals surface area (Å²) in [6, 6.07) is 7.28. The molecule has 1 aromatic rings. The van der Waals surface area contributed by atoms with Crippen LogP contribution in [0.2, 0.25) is 0 Å². The topological polar surface area (TPSA) is 60.2 Å². The number of sulfone groups is 1. The van der Waals surface area contributed by atoms with Crippen molar-refractivity contribution in [2.45, 2.75) is 18.6 Å². The molecule has 0 aliphatic rings. The van der Waals surface area contributed by atoms with Gasteiger partial charge in [0, 0.05) is 11.9 Å². The zero-order valence-electron chi connectivity index (χ0n) is 8.40. The van der Waals surface area contributed by atoms with Gasteiger partial charge in [0.1, 0.15) is 9.84 Å². The van der Waals surface area contributed by atoms with E-state index in [2.05, 4.69) is 0 Å². The van der Waals surface area contributed by atoms with E-state index in [-0.39, 0.29) is 5.25 Å². The average Bonchev–Trinajstić information content (AvgIpc) is 2.07. The standard InChI is InChI=1S/C10H15NO2S/c1-8(14(2,12)13)7-9-3-5-10(11)6-4-9/h3-6,8H,7,11H2,1-2H3. The first-order valence-corrected chi connectivity index (χ1v) is 6.38. The Morgan fingerprint density at radius 3 is 2.21 bits per heavy atom. The van der Waals surface area contributed by atoms with Gasteiger partial charge in [-0.15, -0.1) is 0 Å². The van der Waals surface area contributed by atoms with E-state index in [1.165, 1.54) is 6.26 Å². The van der Waals surface area contributed by atoms with Crippen LogP contribution in [0.5, 0.6) is 0 Å². The third kappa shape index (κ3) is 3.03. The van der Waals surface area contributed by atoms with Crippen molar-refractivity contribution >= 4 is 15.5 Å². The first kappa shape index (κ1) is 11.0. The van der Waals surface area contributed by atoms with E-state index in [0.717, 1.165) is 5.56 Å². The van der Waals surface area contributed by atoms with Gasteiger partial charge in [-0.05, 0) is 31.0 Å². The first-order chi connectivity index (χ1) is 6.39. The minimum Gasteiger partial charge on any atom is -0.399 e. The molecular formula is C10H15NO2S. The molecule has 0 aromatic heterocycles. The Morgan fingerprint density at radius 2 is 1.79 bits per heavy atom. The summed E-state index contributed by atoms with van der Waals surface area (Å²) in [7, 11) is -2.94. The van der Waals surface area contributed by atoms with Gasteiger partial charge in [-0.3, -0.25) is 0 Å². The van der Waals surface area contributed by atoms with Crippen LogP contribution in [0, 0.1) is 0 Å². The van der Waals surface area contributed by atoms with Gasteiger partial charge in [-0.1, -0.05) is 12.1 Å². The smallest absolute Gasteiger partial charge is 0.150 e. The maximum Gasteiger partial charge on any atom is 0.150 e. The van der Waals surface area contributed by atoms with Crippen LogP contribution >= 0.6 is 0 Å². The lowest BCUT2D eigenvalue weighted by atomic mass is 10.1. The predicted molar refractivity (Wildman–Crippen MR) is 58.9 cm³/mol. The Balaban J connectivity index is 2.75. The Hall–Kier alpha value is -1.03. The fourth-order valence-electron chi connectivity index (χ4n) is 1.14. The van der Waals surface area contributed by atoms with Gasteiger partial charge in [0.25, 0.3) is 0 Å². The van der Waals surface area contributed by atoms with Crippen LogP contribution in [0.4, 0.5) is 5.69 Å². The molecular weight excluding hydrogens is 198 g/mol. The van der Waals surface area contributed by atoms with Crippen molar-refractivity contribution in [1.82, 2.24) is 0 Å². The van der Waals surface area contributed by atoms with Crippen LogP contribution in [0.25, 0.3) is 0 Å². The maximum atomic E-state index is 11.2. The molecule has 0 heterocycles. The molecule has 1 aromatic carbocycles. The van der Waals surface area contributed by atoms with E-state index in [1.807, 2.05) is 12.1 Å². The van der Waals surface area contributed by atoms with Crippen molar-refractivity contribution in [2.24, 2.45) is 0 Å². The molecule has 0 fully saturated rings. The molecule has 0 aliphatic heterocycles. The van der Waals surface area contributed by atoms with Crippen molar-refractivity contribution in [3.05, 3.63) is 29.8 Å². The molecule has 0 aliphatic carbocycles. The highest BCUT2D eigenvalue weighted by atomic mass is 32.2. The second kappa shape index (κ2) is 4.00. The molecule has 14 heavy (non-hydrogen) atoms. The van der Waals surface area contributed by atoms with Gasteiger partial charge in [0.15, 0.2) is 0 Å². The van der Waals surface area contributed by atoms with Crippen LogP contribution in [-0.2, 0) is 16.3 Å². The van der Waals surface area contributed by atoms with E-state index in [1.54, 1.807) is 19.1 Å². The Labute approximate surface area is 84.9 Å². The summed E-state index contributed by atoms with van der Waals surface area (Å²) < 4.78 is 22.4. The van der Waals surface area contributed by atoms with E-state index >= 15 is 0 Å². The third-order valence-corrected chi connectivity index (χ3v) is 3.86. The highest BCUT2D eigenvalue weighted by molar-refractivity contribution is 7.91. The van der Waals surface area contributed by atoms with Crippen LogP contribution in [0.3, 0.4) is 0 Å². The summed E-state index contributed by atoms with van der Waals surface area (Å²) in [5, 5.41) is -0.342. The molecule has 3 nitrogen and oxygen atoms in total. The molecule has 0 spiro atoms. The maximum absolute atomic E-state index is 11.2. The first-order valence-electron chi connectivity index (χ1n) is 4.43. The fraction of sp³-hybridized carbons (Fsp3) is 0.400. The van der Waals surface area contributed by atoms with E-state index in [0.29, 0.717) is 12.1 Å². The number of hydrogen-bond acceptors (Lipinski definition) is 3. The van der Waals surface area contributed by atoms with Gasteiger partial charge < -0.3 is 5.73 Å². The van der Waals surface area contributed by atoms with Gasteiger partial charge in [-0.2, -0.15) is 0 Å². The van der Waals surface area contributed by atoms with Crippen molar-refractivity contribution in [2.75, 3.05) is 12.0 Å². The Kier molecular flexibility index (Phi) is 3.16. The second-order valence-electron chi connectivity index (χ2n) is 3.59. The second-order valence-corrected chi connectivity index (χ2v) is 6.05. The van der Waals surface area contributed by atoms with Crippen LogP contribution in [0.15, 0.2) is 24.3 Å². The number of rotatable bonds is 3. The lowest BCUT2D eigenvalue weighted by molar-refractivity contribution is 0.588. The third-order valence-electron chi connectivity index (χ3n) is 2.23. The molecule has 0 radical (unpaired) electrons. The minimum absolute atomic E-state index is 0.342. The van der Waals surface area contributed by atoms with Crippen molar-refractivity contribution in [3.63, 3.8) is 0 Å². The van der Waals surface area contributed by atoms with Crippen molar-refractivity contribution < 1.29 is 8.42 Å². The van der Waals surface area contributed by atoms with Crippen molar-refractivity contribution in [1.29, 1.82) is 0 Å². The van der Waals surface area contributed by atoms with E-state index < -0.39 is 9.84 Å². The van der Waals surface area contributed by atoms with Gasteiger partial charge in [-0.25, -0.2) is 8.42 Å². The van der Waals surface area contributed by atoms with Crippen LogP contribution in [-0.4, -0.2) is 19.9 Å². The highest BCUT2D eigenvalue weighted by Gasteiger charge is 2.14. The summed E-state index contributed by atoms with van der Waals surface area (Å²) in [4.78, 5) is 0. The summed E-state index contributed by atoms with van der Waals surface area (Å²) in [6.07, 6.45) is 1.80. The van der Waals surface area contributed by atoms with Crippen LogP contribution in [0.1, 0.15) is 12.5 Å². The molecule has 1 unspecified atom stereocenters. The number of nitrogen functional groups attached to an aromatic ring is 1. The Bertz CT molecular complexity index is 395. The van der Waals surface area contributed by atoms with Gasteiger partial charge >= 0.3 is 0 Å². The van der Waals surface area contributed by atoms with Gasteiger partial charge in [0.2, 0.25) is 0 Å². The molecule has 0 saturated heterocycles. The fourth-order valence-corrected chi connectivity index (χ4v) is 1.63. The largest absolute Gasteiger partial charge is 0.399 e. The Morgan fingerprint density at radius 1 is 1.29 bits per heavy atom. The summed E-state index contributed by atoms with van der Waals surface area (Å²) in [6.45, 7) is 1.71. The lowest BCUT2D eigenvalue weighted by Gasteiger charge is -2.08. The molecule has 2 N–H and O–H groups in total. The monoisotopic (exact) mass is 213 g/mol. The minimum atomic E-state index is -2.94. The van der Waals surface area contributed by atoms with E-state index in [9.17, 15) is 8.42 Å². The zero-order chi connectivity index (χ0) is 10.8. The SMILES string of the molecule is CC(Cc1ccc(N)cc1)S(C)(=O)=O. The quantitative estimate of drug-likeness (QED) is 0.769. The molecule has 1 atom stereocenters. The number of benzene rings is 1. The number of hydrogen-bond donors (Lipinski definition) is 1. The molecule has 78 valence electrons. The summed E-state index contributed by atoms with van der Waals surface area (Å²) in [5.41, 5.74) is 7.22. The lowest BCUT2D eigenvalue weighted by Crippen LogP contribution is -2.18. The zero-order valence-corrected chi connectivity index (χ0v) is 9.21. The summed E-state index contributed by atoms with van der Waals surface area (Å²) >= 11 is 0. The predicted octanol–water partition coefficient (Wildman–Crippen LogP) is 1.24.